The van der Waals surface area contributed by atoms with Gasteiger partial charge >= 0.3 is 0 Å². The molecule has 0 saturated heterocycles. The maximum absolute atomic E-state index is 13.6. The molecule has 0 bridgehead atoms. The van der Waals surface area contributed by atoms with Crippen molar-refractivity contribution >= 4 is 33.2 Å². The Morgan fingerprint density at radius 2 is 1.69 bits per heavy atom. The van der Waals surface area contributed by atoms with E-state index in [0.717, 1.165) is 16.4 Å². The summed E-state index contributed by atoms with van der Waals surface area (Å²) < 4.78 is 59.1. The molecule has 168 valence electrons. The third-order valence-corrected chi connectivity index (χ3v) is 6.39. The van der Waals surface area contributed by atoms with Crippen molar-refractivity contribution in [1.82, 2.24) is 5.32 Å². The van der Waals surface area contributed by atoms with Gasteiger partial charge in [-0.1, -0.05) is 29.8 Å². The van der Waals surface area contributed by atoms with E-state index in [4.69, 9.17) is 16.3 Å². The summed E-state index contributed by atoms with van der Waals surface area (Å²) in [4.78, 5) is 12.4. The highest BCUT2D eigenvalue weighted by molar-refractivity contribution is 7.92. The summed E-state index contributed by atoms with van der Waals surface area (Å²) >= 11 is 5.82. The molecule has 10 heteroatoms. The summed E-state index contributed by atoms with van der Waals surface area (Å²) in [5, 5.41) is 2.29. The largest absolute Gasteiger partial charge is 0.492 e. The Balaban J connectivity index is 1.71. The maximum Gasteiger partial charge on any atom is 0.264 e. The molecular weight excluding hydrogens is 462 g/mol. The first kappa shape index (κ1) is 23.5. The third kappa shape index (κ3) is 5.95. The smallest absolute Gasteiger partial charge is 0.264 e. The molecule has 0 aromatic heterocycles. The molecule has 0 fully saturated rings. The van der Waals surface area contributed by atoms with Gasteiger partial charge in [-0.25, -0.2) is 17.2 Å². The second kappa shape index (κ2) is 10.4. The lowest BCUT2D eigenvalue weighted by Crippen LogP contribution is -2.42. The minimum atomic E-state index is -4.13. The Morgan fingerprint density at radius 3 is 2.34 bits per heavy atom. The van der Waals surface area contributed by atoms with Crippen LogP contribution in [-0.2, 0) is 14.8 Å². The lowest BCUT2D eigenvalue weighted by Gasteiger charge is -2.24. The van der Waals surface area contributed by atoms with Crippen molar-refractivity contribution in [1.29, 1.82) is 0 Å². The first-order chi connectivity index (χ1) is 15.3. The van der Waals surface area contributed by atoms with Crippen molar-refractivity contribution in [2.75, 3.05) is 24.0 Å². The van der Waals surface area contributed by atoms with Gasteiger partial charge in [0.1, 0.15) is 30.5 Å². The summed E-state index contributed by atoms with van der Waals surface area (Å²) in [6.45, 7) is -0.388. The quantitative estimate of drug-likeness (QED) is 0.469. The maximum atomic E-state index is 13.6. The van der Waals surface area contributed by atoms with Gasteiger partial charge in [-0.2, -0.15) is 0 Å². The Labute approximate surface area is 189 Å². The van der Waals surface area contributed by atoms with Gasteiger partial charge in [0, 0.05) is 0 Å². The van der Waals surface area contributed by atoms with Gasteiger partial charge in [-0.3, -0.25) is 9.10 Å². The molecule has 1 N–H and O–H groups in total. The van der Waals surface area contributed by atoms with Gasteiger partial charge in [0.2, 0.25) is 5.91 Å². The topological polar surface area (TPSA) is 75.7 Å². The second-order valence-electron chi connectivity index (χ2n) is 6.58. The highest BCUT2D eigenvalue weighted by atomic mass is 35.5. The molecular formula is C22H19ClF2N2O4S. The van der Waals surface area contributed by atoms with Crippen LogP contribution in [0.2, 0.25) is 5.02 Å². The summed E-state index contributed by atoms with van der Waals surface area (Å²) in [5.41, 5.74) is 0.0398. The number of hydrogen-bond donors (Lipinski definition) is 1. The molecule has 0 aliphatic rings. The second-order valence-corrected chi connectivity index (χ2v) is 8.84. The Hall–Kier alpha value is -3.17. The zero-order valence-electron chi connectivity index (χ0n) is 16.7. The van der Waals surface area contributed by atoms with E-state index in [0.29, 0.717) is 5.75 Å². The van der Waals surface area contributed by atoms with Gasteiger partial charge in [-0.15, -0.1) is 0 Å². The number of benzene rings is 3. The highest BCUT2D eigenvalue weighted by Gasteiger charge is 2.27. The van der Waals surface area contributed by atoms with Crippen LogP contribution in [0.5, 0.6) is 5.75 Å². The predicted molar refractivity (Wildman–Crippen MR) is 117 cm³/mol. The number of nitrogens with one attached hydrogen (secondary N) is 1. The number of hydrogen-bond acceptors (Lipinski definition) is 4. The van der Waals surface area contributed by atoms with Gasteiger partial charge in [0.05, 0.1) is 22.2 Å². The van der Waals surface area contributed by atoms with E-state index in [-0.39, 0.29) is 28.8 Å². The number of anilines is 1. The van der Waals surface area contributed by atoms with E-state index in [1.807, 2.05) is 0 Å². The Morgan fingerprint density at radius 1 is 1.00 bits per heavy atom. The Bertz CT molecular complexity index is 1180. The first-order valence-electron chi connectivity index (χ1n) is 9.45. The molecule has 0 atom stereocenters. The molecule has 0 aliphatic heterocycles. The molecule has 0 aliphatic carbocycles. The molecule has 1 amide bonds. The van der Waals surface area contributed by atoms with Gasteiger partial charge < -0.3 is 10.1 Å². The molecule has 0 saturated carbocycles. The zero-order valence-corrected chi connectivity index (χ0v) is 18.2. The molecule has 0 spiro atoms. The lowest BCUT2D eigenvalue weighted by atomic mass is 10.3. The predicted octanol–water partition coefficient (Wildman–Crippen LogP) is 4.01. The standard InChI is InChI=1S/C22H19ClF2N2O4S/c23-20-14-17(8-11-21(20)25)27(32(29,30)19-4-2-1-3-5-19)15-22(28)26-12-13-31-18-9-6-16(24)7-10-18/h1-11,14H,12-13,15H2,(H,26,28). The number of carbonyl (C=O) groups is 1. The third-order valence-electron chi connectivity index (χ3n) is 4.32. The van der Waals surface area contributed by atoms with Crippen LogP contribution < -0.4 is 14.4 Å². The number of ether oxygens (including phenoxy) is 1. The SMILES string of the molecule is O=C(CN(c1ccc(F)c(Cl)c1)S(=O)(=O)c1ccccc1)NCCOc1ccc(F)cc1. The van der Waals surface area contributed by atoms with E-state index >= 15 is 0 Å². The average molecular weight is 481 g/mol. The fourth-order valence-corrected chi connectivity index (χ4v) is 4.36. The fourth-order valence-electron chi connectivity index (χ4n) is 2.75. The summed E-state index contributed by atoms with van der Waals surface area (Å²) in [6, 6.07) is 16.3. The van der Waals surface area contributed by atoms with Crippen LogP contribution in [0.4, 0.5) is 14.5 Å². The van der Waals surface area contributed by atoms with Crippen molar-refractivity contribution in [3.63, 3.8) is 0 Å². The number of amides is 1. The van der Waals surface area contributed by atoms with Crippen LogP contribution in [0.15, 0.2) is 77.7 Å². The fraction of sp³-hybridized carbons (Fsp3) is 0.136. The summed E-state index contributed by atoms with van der Waals surface area (Å²) in [7, 11) is -4.13. The van der Waals surface area contributed by atoms with Crippen molar-refractivity contribution in [3.05, 3.63) is 89.5 Å². The van der Waals surface area contributed by atoms with Crippen LogP contribution in [0.3, 0.4) is 0 Å². The Kier molecular flexibility index (Phi) is 7.66. The molecule has 3 aromatic carbocycles. The van der Waals surface area contributed by atoms with Crippen LogP contribution >= 0.6 is 11.6 Å². The zero-order chi connectivity index (χ0) is 23.1. The van der Waals surface area contributed by atoms with Crippen molar-refractivity contribution in [2.45, 2.75) is 4.90 Å². The van der Waals surface area contributed by atoms with E-state index < -0.39 is 34.1 Å². The van der Waals surface area contributed by atoms with Gasteiger partial charge in [0.15, 0.2) is 0 Å². The van der Waals surface area contributed by atoms with Crippen LogP contribution in [-0.4, -0.2) is 34.0 Å². The number of rotatable bonds is 9. The average Bonchev–Trinajstić information content (AvgIpc) is 2.79. The highest BCUT2D eigenvalue weighted by Crippen LogP contribution is 2.27. The molecule has 0 unspecified atom stereocenters. The molecule has 3 rings (SSSR count). The minimum Gasteiger partial charge on any atom is -0.492 e. The monoisotopic (exact) mass is 480 g/mol. The van der Waals surface area contributed by atoms with E-state index in [9.17, 15) is 22.0 Å². The van der Waals surface area contributed by atoms with E-state index in [2.05, 4.69) is 5.32 Å². The number of carbonyl (C=O) groups excluding carboxylic acids is 1. The van der Waals surface area contributed by atoms with E-state index in [1.165, 1.54) is 42.5 Å². The number of nitrogens with zero attached hydrogens (tertiary/aromatic N) is 1. The van der Waals surface area contributed by atoms with Gasteiger partial charge in [-0.05, 0) is 54.6 Å². The normalized spacial score (nSPS) is 11.1. The van der Waals surface area contributed by atoms with Crippen LogP contribution in [0.25, 0.3) is 0 Å². The van der Waals surface area contributed by atoms with Crippen molar-refractivity contribution < 1.29 is 26.7 Å². The molecule has 0 radical (unpaired) electrons. The van der Waals surface area contributed by atoms with Gasteiger partial charge in [0.25, 0.3) is 10.0 Å². The summed E-state index contributed by atoms with van der Waals surface area (Å²) in [5.74, 6) is -1.29. The summed E-state index contributed by atoms with van der Waals surface area (Å²) in [6.07, 6.45) is 0. The molecule has 6 nitrogen and oxygen atoms in total. The van der Waals surface area contributed by atoms with Crippen molar-refractivity contribution in [2.24, 2.45) is 0 Å². The van der Waals surface area contributed by atoms with Crippen LogP contribution in [0.1, 0.15) is 0 Å². The minimum absolute atomic E-state index is 0.0344. The van der Waals surface area contributed by atoms with Crippen LogP contribution in [0, 0.1) is 11.6 Å². The molecule has 0 heterocycles. The van der Waals surface area contributed by atoms with E-state index in [1.54, 1.807) is 18.2 Å². The number of sulfonamides is 1. The lowest BCUT2D eigenvalue weighted by molar-refractivity contribution is -0.119. The first-order valence-corrected chi connectivity index (χ1v) is 11.3. The number of halogens is 3. The molecule has 32 heavy (non-hydrogen) atoms. The molecule has 3 aromatic rings. The van der Waals surface area contributed by atoms with Crippen molar-refractivity contribution in [3.8, 4) is 5.75 Å².